The summed E-state index contributed by atoms with van der Waals surface area (Å²) in [7, 11) is 5.42. The average Bonchev–Trinajstić information content (AvgIpc) is 3.02. The zero-order valence-electron chi connectivity index (χ0n) is 32.3. The molecule has 0 radical (unpaired) electrons. The van der Waals surface area contributed by atoms with E-state index in [-0.39, 0.29) is 30.5 Å². The summed E-state index contributed by atoms with van der Waals surface area (Å²) in [5.74, 6) is -4.29. The molecule has 0 aromatic carbocycles. The number of cyclic esters (lactones) is 1. The monoisotopic (exact) mass is 701 g/mol. The van der Waals surface area contributed by atoms with Gasteiger partial charge in [-0.05, 0) is 68.0 Å². The smallest absolute Gasteiger partial charge is 0.311 e. The lowest BCUT2D eigenvalue weighted by atomic mass is 9.74. The number of aliphatic hydroxyl groups is 3. The molecule has 17 atom stereocenters. The number of carbonyl (C=O) groups is 2. The zero-order valence-corrected chi connectivity index (χ0v) is 32.3. The molecule has 286 valence electrons. The van der Waals surface area contributed by atoms with E-state index < -0.39 is 89.9 Å². The molecule has 3 aliphatic rings. The first-order chi connectivity index (χ1) is 22.7. The molecule has 0 bridgehead atoms. The van der Waals surface area contributed by atoms with Crippen LogP contribution in [0.4, 0.5) is 0 Å². The molecule has 3 rings (SSSR count). The Kier molecular flexibility index (Phi) is 14.7. The van der Waals surface area contributed by atoms with Gasteiger partial charge in [0.15, 0.2) is 12.6 Å². The average molecular weight is 702 g/mol. The van der Waals surface area contributed by atoms with Gasteiger partial charge in [0.1, 0.15) is 18.0 Å². The quantitative estimate of drug-likeness (QED) is 0.332. The van der Waals surface area contributed by atoms with Gasteiger partial charge < -0.3 is 48.6 Å². The Labute approximate surface area is 294 Å². The molecule has 0 aromatic rings. The Hall–Kier alpha value is -1.22. The van der Waals surface area contributed by atoms with Crippen molar-refractivity contribution in [3.63, 3.8) is 0 Å². The SMILES string of the molecule is CC[C@H]1OC(=O)[C@H](C)[C@@H](O[C@H]2C[C@@](C)(OC)C[C@H](C)O2)[C@H](C)[C@@H](O[C@@H]2O[C@H](C)C[C@H](N(C)C)[C@H]2O)[C@](C)(O)C[C@@H](C)C(=O)[C@H](C)[C@@H](O)[C@H]1C. The number of nitrogens with zero attached hydrogens (tertiary/aromatic N) is 1. The normalized spacial score (nSPS) is 48.2. The van der Waals surface area contributed by atoms with Crippen molar-refractivity contribution in [3.8, 4) is 0 Å². The molecule has 3 fully saturated rings. The summed E-state index contributed by atoms with van der Waals surface area (Å²) < 4.78 is 37.7. The summed E-state index contributed by atoms with van der Waals surface area (Å²) in [6.45, 7) is 18.1. The van der Waals surface area contributed by atoms with Crippen molar-refractivity contribution >= 4 is 11.8 Å². The topological polar surface area (TPSA) is 153 Å². The van der Waals surface area contributed by atoms with Crippen molar-refractivity contribution in [2.75, 3.05) is 21.2 Å². The Morgan fingerprint density at radius 1 is 0.857 bits per heavy atom. The van der Waals surface area contributed by atoms with Crippen LogP contribution in [0.5, 0.6) is 0 Å². The summed E-state index contributed by atoms with van der Waals surface area (Å²) in [6, 6.07) is -0.270. The van der Waals surface area contributed by atoms with Gasteiger partial charge in [-0.3, -0.25) is 9.59 Å². The minimum atomic E-state index is -1.68. The fourth-order valence-corrected chi connectivity index (χ4v) is 8.41. The summed E-state index contributed by atoms with van der Waals surface area (Å²) in [4.78, 5) is 29.7. The second-order valence-corrected chi connectivity index (χ2v) is 16.2. The number of rotatable bonds is 7. The van der Waals surface area contributed by atoms with E-state index in [1.807, 2.05) is 53.6 Å². The van der Waals surface area contributed by atoms with Gasteiger partial charge in [0.2, 0.25) is 0 Å². The predicted octanol–water partition coefficient (Wildman–Crippen LogP) is 3.70. The third kappa shape index (κ3) is 10.0. The standard InChI is InChI=1S/C37H67NO11/c1-14-27-22(5)30(40)23(6)29(39)19(2)16-37(10,43)33(49-35-31(41)26(38(11)12)15-20(3)46-35)24(7)32(25(8)34(42)47-27)48-28-18-36(9,44-13)17-21(4)45-28/h19-28,30-33,35,40-41,43H,14-18H2,1-13H3/t19-,20-,21+,22+,23+,24+,25-,26+,27-,28+,30+,31-,32+,33-,35+,36+,37-/m1/s1. The number of hydrogen-bond acceptors (Lipinski definition) is 12. The number of ketones is 1. The number of Topliss-reactive ketones (excluding diaryl/α,β-unsaturated/α-hetero) is 1. The van der Waals surface area contributed by atoms with E-state index in [2.05, 4.69) is 0 Å². The first-order valence-electron chi connectivity index (χ1n) is 18.3. The van der Waals surface area contributed by atoms with E-state index in [9.17, 15) is 24.9 Å². The third-order valence-corrected chi connectivity index (χ3v) is 11.5. The molecule has 49 heavy (non-hydrogen) atoms. The number of carbonyl (C=O) groups excluding carboxylic acids is 2. The van der Waals surface area contributed by atoms with Crippen LogP contribution in [0.3, 0.4) is 0 Å². The fraction of sp³-hybridized carbons (Fsp3) is 0.946. The maximum atomic E-state index is 14.0. The molecule has 0 spiro atoms. The van der Waals surface area contributed by atoms with Crippen LogP contribution >= 0.6 is 0 Å². The maximum Gasteiger partial charge on any atom is 0.311 e. The second kappa shape index (κ2) is 17.1. The summed E-state index contributed by atoms with van der Waals surface area (Å²) in [6.07, 6.45) is -5.01. The van der Waals surface area contributed by atoms with Gasteiger partial charge in [-0.1, -0.05) is 34.6 Å². The minimum absolute atomic E-state index is 0.0107. The van der Waals surface area contributed by atoms with Gasteiger partial charge in [0.25, 0.3) is 0 Å². The van der Waals surface area contributed by atoms with Crippen LogP contribution in [0.2, 0.25) is 0 Å². The van der Waals surface area contributed by atoms with Crippen LogP contribution in [0.1, 0.15) is 101 Å². The number of methoxy groups -OCH3 is 1. The highest BCUT2D eigenvalue weighted by molar-refractivity contribution is 5.83. The number of aliphatic hydroxyl groups excluding tert-OH is 2. The molecule has 12 nitrogen and oxygen atoms in total. The lowest BCUT2D eigenvalue weighted by Crippen LogP contribution is -2.60. The number of likely N-dealkylation sites (N-methyl/N-ethyl adjacent to an activating group) is 1. The van der Waals surface area contributed by atoms with Crippen LogP contribution in [-0.2, 0) is 38.0 Å². The van der Waals surface area contributed by atoms with E-state index in [1.165, 1.54) is 0 Å². The third-order valence-electron chi connectivity index (χ3n) is 11.5. The van der Waals surface area contributed by atoms with E-state index in [1.54, 1.807) is 41.7 Å². The van der Waals surface area contributed by atoms with Gasteiger partial charge in [0.05, 0.1) is 47.6 Å². The summed E-state index contributed by atoms with van der Waals surface area (Å²) in [5, 5.41) is 35.2. The minimum Gasteiger partial charge on any atom is -0.462 e. The molecule has 0 aliphatic carbocycles. The Morgan fingerprint density at radius 3 is 2.06 bits per heavy atom. The molecular formula is C37H67NO11. The van der Waals surface area contributed by atoms with Gasteiger partial charge in [-0.2, -0.15) is 0 Å². The maximum absolute atomic E-state index is 14.0. The van der Waals surface area contributed by atoms with Gasteiger partial charge >= 0.3 is 5.97 Å². The van der Waals surface area contributed by atoms with Gasteiger partial charge in [0, 0.05) is 49.7 Å². The van der Waals surface area contributed by atoms with Crippen LogP contribution in [0.25, 0.3) is 0 Å². The Balaban J connectivity index is 2.14. The number of hydrogen-bond donors (Lipinski definition) is 3. The van der Waals surface area contributed by atoms with E-state index >= 15 is 0 Å². The second-order valence-electron chi connectivity index (χ2n) is 16.2. The van der Waals surface area contributed by atoms with Crippen LogP contribution in [0.15, 0.2) is 0 Å². The molecule has 3 N–H and O–H groups in total. The largest absolute Gasteiger partial charge is 0.462 e. The van der Waals surface area contributed by atoms with Crippen molar-refractivity contribution in [2.24, 2.45) is 29.6 Å². The molecule has 12 heteroatoms. The van der Waals surface area contributed by atoms with E-state index in [0.29, 0.717) is 25.7 Å². The van der Waals surface area contributed by atoms with E-state index in [4.69, 9.17) is 28.4 Å². The summed E-state index contributed by atoms with van der Waals surface area (Å²) in [5.41, 5.74) is -2.20. The Bertz CT molecular complexity index is 1090. The Morgan fingerprint density at radius 2 is 1.49 bits per heavy atom. The van der Waals surface area contributed by atoms with Crippen LogP contribution in [0, 0.1) is 29.6 Å². The predicted molar refractivity (Wildman–Crippen MR) is 183 cm³/mol. The van der Waals surface area contributed by atoms with Crippen molar-refractivity contribution < 1.29 is 53.3 Å². The lowest BCUT2D eigenvalue weighted by molar-refractivity contribution is -0.310. The molecule has 0 unspecified atom stereocenters. The summed E-state index contributed by atoms with van der Waals surface area (Å²) >= 11 is 0. The lowest BCUT2D eigenvalue weighted by Gasteiger charge is -2.48. The van der Waals surface area contributed by atoms with Crippen molar-refractivity contribution in [3.05, 3.63) is 0 Å². The molecule has 3 heterocycles. The molecular weight excluding hydrogens is 634 g/mol. The zero-order chi connectivity index (χ0) is 37.2. The highest BCUT2D eigenvalue weighted by Gasteiger charge is 2.51. The molecule has 0 aromatic heterocycles. The van der Waals surface area contributed by atoms with Crippen molar-refractivity contribution in [1.82, 2.24) is 4.90 Å². The highest BCUT2D eigenvalue weighted by Crippen LogP contribution is 2.40. The first kappa shape index (κ1) is 42.2. The van der Waals surface area contributed by atoms with E-state index in [0.717, 1.165) is 0 Å². The van der Waals surface area contributed by atoms with Crippen LogP contribution < -0.4 is 0 Å². The molecule has 0 amide bonds. The number of ether oxygens (including phenoxy) is 6. The highest BCUT2D eigenvalue weighted by atomic mass is 16.7. The van der Waals surface area contributed by atoms with Gasteiger partial charge in [-0.25, -0.2) is 0 Å². The first-order valence-corrected chi connectivity index (χ1v) is 18.3. The fourth-order valence-electron chi connectivity index (χ4n) is 8.41. The number of esters is 1. The van der Waals surface area contributed by atoms with Crippen molar-refractivity contribution in [1.29, 1.82) is 0 Å². The molecule has 3 saturated heterocycles. The molecule has 3 aliphatic heterocycles. The van der Waals surface area contributed by atoms with Crippen molar-refractivity contribution in [2.45, 2.75) is 174 Å². The molecule has 0 saturated carbocycles. The van der Waals surface area contributed by atoms with Crippen LogP contribution in [-0.4, -0.2) is 126 Å². The van der Waals surface area contributed by atoms with Gasteiger partial charge in [-0.15, -0.1) is 0 Å².